The van der Waals surface area contributed by atoms with Crippen molar-refractivity contribution in [3.05, 3.63) is 35.4 Å². The molecule has 0 nitrogen and oxygen atoms in total. The van der Waals surface area contributed by atoms with E-state index in [0.29, 0.717) is 5.92 Å². The first-order valence-corrected chi connectivity index (χ1v) is 8.11. The van der Waals surface area contributed by atoms with Crippen LogP contribution in [0.2, 0.25) is 0 Å². The Morgan fingerprint density at radius 2 is 1.55 bits per heavy atom. The SMILES string of the molecule is CCC1CC[C@@H]2C[C@H](c3cc(F)cc(F)c3)CC[C@@H]2C1. The predicted molar refractivity (Wildman–Crippen MR) is 77.6 cm³/mol. The molecule has 3 rings (SSSR count). The Balaban J connectivity index is 1.70. The monoisotopic (exact) mass is 278 g/mol. The van der Waals surface area contributed by atoms with Gasteiger partial charge in [0.05, 0.1) is 0 Å². The molecule has 0 amide bonds. The van der Waals surface area contributed by atoms with Crippen molar-refractivity contribution >= 4 is 0 Å². The van der Waals surface area contributed by atoms with Crippen molar-refractivity contribution in [2.24, 2.45) is 17.8 Å². The number of hydrogen-bond donors (Lipinski definition) is 0. The Bertz CT molecular complexity index is 448. The van der Waals surface area contributed by atoms with E-state index in [9.17, 15) is 8.78 Å². The molecule has 2 saturated carbocycles. The van der Waals surface area contributed by atoms with Gasteiger partial charge in [0.2, 0.25) is 0 Å². The summed E-state index contributed by atoms with van der Waals surface area (Å²) in [6, 6.07) is 4.04. The number of hydrogen-bond acceptors (Lipinski definition) is 0. The van der Waals surface area contributed by atoms with E-state index in [-0.39, 0.29) is 0 Å². The van der Waals surface area contributed by atoms with Gasteiger partial charge in [-0.15, -0.1) is 0 Å². The third kappa shape index (κ3) is 2.89. The fourth-order valence-corrected chi connectivity index (χ4v) is 4.47. The molecule has 20 heavy (non-hydrogen) atoms. The Hall–Kier alpha value is -0.920. The van der Waals surface area contributed by atoms with E-state index in [1.807, 2.05) is 0 Å². The van der Waals surface area contributed by atoms with E-state index < -0.39 is 11.6 Å². The minimum absolute atomic E-state index is 0.361. The summed E-state index contributed by atoms with van der Waals surface area (Å²) < 4.78 is 26.7. The molecule has 1 aromatic carbocycles. The van der Waals surface area contributed by atoms with Crippen LogP contribution in [0.1, 0.15) is 63.4 Å². The summed E-state index contributed by atoms with van der Waals surface area (Å²) in [5.41, 5.74) is 0.874. The van der Waals surface area contributed by atoms with Crippen LogP contribution >= 0.6 is 0 Å². The molecular weight excluding hydrogens is 254 g/mol. The molecule has 2 fully saturated rings. The first kappa shape index (κ1) is 14.0. The Labute approximate surface area is 120 Å². The predicted octanol–water partition coefficient (Wildman–Crippen LogP) is 5.67. The van der Waals surface area contributed by atoms with Crippen LogP contribution in [-0.2, 0) is 0 Å². The summed E-state index contributed by atoms with van der Waals surface area (Å²) in [5, 5.41) is 0. The lowest BCUT2D eigenvalue weighted by Crippen LogP contribution is -2.30. The fraction of sp³-hybridized carbons (Fsp3) is 0.667. The van der Waals surface area contributed by atoms with Crippen LogP contribution in [0.4, 0.5) is 8.78 Å². The normalized spacial score (nSPS) is 33.8. The topological polar surface area (TPSA) is 0 Å². The second-order valence-corrected chi connectivity index (χ2v) is 6.82. The molecule has 0 aromatic heterocycles. The van der Waals surface area contributed by atoms with Gasteiger partial charge in [0.1, 0.15) is 11.6 Å². The van der Waals surface area contributed by atoms with Crippen LogP contribution in [0.25, 0.3) is 0 Å². The van der Waals surface area contributed by atoms with E-state index in [0.717, 1.165) is 42.2 Å². The maximum atomic E-state index is 13.4. The zero-order valence-corrected chi connectivity index (χ0v) is 12.2. The third-order valence-electron chi connectivity index (χ3n) is 5.66. The smallest absolute Gasteiger partial charge is 0.126 e. The van der Waals surface area contributed by atoms with Gasteiger partial charge in [-0.05, 0) is 73.5 Å². The Morgan fingerprint density at radius 3 is 2.25 bits per heavy atom. The molecular formula is C18H24F2. The Morgan fingerprint density at radius 1 is 0.900 bits per heavy atom. The minimum Gasteiger partial charge on any atom is -0.207 e. The van der Waals surface area contributed by atoms with Gasteiger partial charge in [-0.1, -0.05) is 19.8 Å². The van der Waals surface area contributed by atoms with Crippen molar-refractivity contribution < 1.29 is 8.78 Å². The molecule has 0 N–H and O–H groups in total. The van der Waals surface area contributed by atoms with E-state index in [4.69, 9.17) is 0 Å². The highest BCUT2D eigenvalue weighted by Crippen LogP contribution is 2.48. The molecule has 0 heterocycles. The van der Waals surface area contributed by atoms with Crippen LogP contribution in [0, 0.1) is 29.4 Å². The molecule has 1 aromatic rings. The van der Waals surface area contributed by atoms with E-state index in [2.05, 4.69) is 6.92 Å². The van der Waals surface area contributed by atoms with Gasteiger partial charge in [-0.25, -0.2) is 8.78 Å². The lowest BCUT2D eigenvalue weighted by Gasteiger charge is -2.42. The van der Waals surface area contributed by atoms with Crippen LogP contribution in [-0.4, -0.2) is 0 Å². The van der Waals surface area contributed by atoms with Crippen molar-refractivity contribution in [2.75, 3.05) is 0 Å². The summed E-state index contributed by atoms with van der Waals surface area (Å²) >= 11 is 0. The lowest BCUT2D eigenvalue weighted by atomic mass is 9.63. The molecule has 0 bridgehead atoms. The summed E-state index contributed by atoms with van der Waals surface area (Å²) in [7, 11) is 0. The number of benzene rings is 1. The van der Waals surface area contributed by atoms with Crippen molar-refractivity contribution in [1.29, 1.82) is 0 Å². The first-order valence-electron chi connectivity index (χ1n) is 8.11. The first-order chi connectivity index (χ1) is 9.65. The summed E-state index contributed by atoms with van der Waals surface area (Å²) in [6.45, 7) is 2.30. The van der Waals surface area contributed by atoms with Gasteiger partial charge in [0.25, 0.3) is 0 Å². The largest absolute Gasteiger partial charge is 0.207 e. The van der Waals surface area contributed by atoms with Crippen LogP contribution in [0.15, 0.2) is 18.2 Å². The maximum Gasteiger partial charge on any atom is 0.126 e. The molecule has 4 atom stereocenters. The minimum atomic E-state index is -0.434. The van der Waals surface area contributed by atoms with Gasteiger partial charge in [-0.3, -0.25) is 0 Å². The van der Waals surface area contributed by atoms with Gasteiger partial charge in [-0.2, -0.15) is 0 Å². The molecule has 0 radical (unpaired) electrons. The van der Waals surface area contributed by atoms with Gasteiger partial charge in [0, 0.05) is 6.07 Å². The van der Waals surface area contributed by atoms with Crippen molar-refractivity contribution in [3.63, 3.8) is 0 Å². The molecule has 2 heteroatoms. The van der Waals surface area contributed by atoms with Gasteiger partial charge in [0.15, 0.2) is 0 Å². The lowest BCUT2D eigenvalue weighted by molar-refractivity contribution is 0.116. The Kier molecular flexibility index (Phi) is 4.09. The number of halogens is 2. The van der Waals surface area contributed by atoms with Crippen molar-refractivity contribution in [1.82, 2.24) is 0 Å². The molecule has 0 saturated heterocycles. The van der Waals surface area contributed by atoms with Crippen molar-refractivity contribution in [2.45, 2.75) is 57.8 Å². The van der Waals surface area contributed by atoms with E-state index in [1.54, 1.807) is 0 Å². The van der Waals surface area contributed by atoms with E-state index in [1.165, 1.54) is 44.2 Å². The summed E-state index contributed by atoms with van der Waals surface area (Å²) in [4.78, 5) is 0. The van der Waals surface area contributed by atoms with Crippen LogP contribution < -0.4 is 0 Å². The van der Waals surface area contributed by atoms with E-state index >= 15 is 0 Å². The second kappa shape index (κ2) is 5.83. The average Bonchev–Trinajstić information content (AvgIpc) is 2.45. The highest BCUT2D eigenvalue weighted by Gasteiger charge is 2.35. The highest BCUT2D eigenvalue weighted by molar-refractivity contribution is 5.22. The zero-order valence-electron chi connectivity index (χ0n) is 12.2. The number of fused-ring (bicyclic) bond motifs is 1. The molecule has 0 spiro atoms. The van der Waals surface area contributed by atoms with Gasteiger partial charge >= 0.3 is 0 Å². The average molecular weight is 278 g/mol. The number of rotatable bonds is 2. The van der Waals surface area contributed by atoms with Gasteiger partial charge < -0.3 is 0 Å². The fourth-order valence-electron chi connectivity index (χ4n) is 4.47. The maximum absolute atomic E-state index is 13.4. The zero-order chi connectivity index (χ0) is 14.1. The van der Waals surface area contributed by atoms with Crippen molar-refractivity contribution in [3.8, 4) is 0 Å². The molecule has 110 valence electrons. The molecule has 0 aliphatic heterocycles. The standard InChI is InChI=1S/C18H24F2/c1-2-12-3-4-14-8-15(6-5-13(14)7-12)16-9-17(19)11-18(20)10-16/h9-15H,2-8H2,1H3/t12?,13-,14-,15-/m1/s1. The quantitative estimate of drug-likeness (QED) is 0.653. The second-order valence-electron chi connectivity index (χ2n) is 6.82. The third-order valence-corrected chi connectivity index (χ3v) is 5.66. The molecule has 1 unspecified atom stereocenters. The van der Waals surface area contributed by atoms with Crippen LogP contribution in [0.3, 0.4) is 0 Å². The van der Waals surface area contributed by atoms with Crippen LogP contribution in [0.5, 0.6) is 0 Å². The highest BCUT2D eigenvalue weighted by atomic mass is 19.1. The summed E-state index contributed by atoms with van der Waals surface area (Å²) in [6.07, 6.45) is 8.82. The molecule has 2 aliphatic carbocycles. The summed E-state index contributed by atoms with van der Waals surface area (Å²) in [5.74, 6) is 2.05. The molecule has 2 aliphatic rings.